The van der Waals surface area contributed by atoms with E-state index in [2.05, 4.69) is 0 Å². The lowest BCUT2D eigenvalue weighted by atomic mass is 9.67. The van der Waals surface area contributed by atoms with Crippen LogP contribution in [0.3, 0.4) is 0 Å². The zero-order valence-electron chi connectivity index (χ0n) is 7.16. The number of hydrogen-bond donors (Lipinski definition) is 0. The third-order valence-electron chi connectivity index (χ3n) is 2.83. The second kappa shape index (κ2) is 4.40. The quantitative estimate of drug-likeness (QED) is 0.587. The van der Waals surface area contributed by atoms with Crippen molar-refractivity contribution >= 4 is 11.6 Å². The molecule has 0 amide bonds. The molecule has 0 spiro atoms. The summed E-state index contributed by atoms with van der Waals surface area (Å²) in [5, 5.41) is 0. The summed E-state index contributed by atoms with van der Waals surface area (Å²) in [6, 6.07) is 0. The molecule has 0 aliphatic heterocycles. The lowest BCUT2D eigenvalue weighted by Gasteiger charge is -2.40. The number of alkyl halides is 3. The maximum Gasteiger partial charge on any atom is 0.238 e. The summed E-state index contributed by atoms with van der Waals surface area (Å²) >= 11 is 5.79. The van der Waals surface area contributed by atoms with Crippen molar-refractivity contribution in [2.24, 2.45) is 5.41 Å². The van der Waals surface area contributed by atoms with Crippen LogP contribution in [0.1, 0.15) is 38.5 Å². The standard InChI is InChI=1S/C9H15ClF2/c10-7-9(5-2-6-9)4-1-3-8(11)12/h8H,1-7H2. The summed E-state index contributed by atoms with van der Waals surface area (Å²) in [6.45, 7) is 0. The first-order valence-electron chi connectivity index (χ1n) is 4.53. The first-order valence-corrected chi connectivity index (χ1v) is 5.06. The molecule has 3 heteroatoms. The largest absolute Gasteiger partial charge is 0.238 e. The molecule has 1 aliphatic carbocycles. The molecule has 0 heterocycles. The van der Waals surface area contributed by atoms with Crippen LogP contribution < -0.4 is 0 Å². The third-order valence-corrected chi connectivity index (χ3v) is 3.39. The van der Waals surface area contributed by atoms with Crippen LogP contribution in [-0.4, -0.2) is 12.3 Å². The van der Waals surface area contributed by atoms with Crippen LogP contribution in [0.25, 0.3) is 0 Å². The molecule has 1 saturated carbocycles. The Morgan fingerprint density at radius 1 is 1.33 bits per heavy atom. The molecule has 12 heavy (non-hydrogen) atoms. The van der Waals surface area contributed by atoms with Crippen molar-refractivity contribution in [3.63, 3.8) is 0 Å². The van der Waals surface area contributed by atoms with Gasteiger partial charge in [0.25, 0.3) is 0 Å². The molecule has 0 aromatic carbocycles. The van der Waals surface area contributed by atoms with Gasteiger partial charge in [0.15, 0.2) is 0 Å². The van der Waals surface area contributed by atoms with Crippen molar-refractivity contribution < 1.29 is 8.78 Å². The molecule has 0 atom stereocenters. The highest BCUT2D eigenvalue weighted by atomic mass is 35.5. The van der Waals surface area contributed by atoms with Gasteiger partial charge in [0.1, 0.15) is 0 Å². The van der Waals surface area contributed by atoms with Gasteiger partial charge in [-0.1, -0.05) is 6.42 Å². The SMILES string of the molecule is FC(F)CCCC1(CCl)CCC1. The Labute approximate surface area is 77.3 Å². The third kappa shape index (κ3) is 2.58. The Bertz CT molecular complexity index is 127. The molecule has 0 aromatic rings. The van der Waals surface area contributed by atoms with Crippen molar-refractivity contribution in [2.75, 3.05) is 5.88 Å². The Morgan fingerprint density at radius 2 is 2.00 bits per heavy atom. The van der Waals surface area contributed by atoms with Crippen molar-refractivity contribution in [2.45, 2.75) is 45.0 Å². The molecule has 0 N–H and O–H groups in total. The van der Waals surface area contributed by atoms with Gasteiger partial charge in [-0.25, -0.2) is 8.78 Å². The minimum absolute atomic E-state index is 0.0403. The van der Waals surface area contributed by atoms with Crippen molar-refractivity contribution in [1.82, 2.24) is 0 Å². The second-order valence-corrected chi connectivity index (χ2v) is 4.04. The van der Waals surface area contributed by atoms with Gasteiger partial charge in [-0.05, 0) is 31.1 Å². The summed E-state index contributed by atoms with van der Waals surface area (Å²) in [6.07, 6.45) is 2.92. The van der Waals surface area contributed by atoms with Gasteiger partial charge >= 0.3 is 0 Å². The van der Waals surface area contributed by atoms with Crippen LogP contribution in [0.15, 0.2) is 0 Å². The molecule has 0 bridgehead atoms. The molecular formula is C9H15ClF2. The Hall–Kier alpha value is 0.150. The summed E-state index contributed by atoms with van der Waals surface area (Å²) in [7, 11) is 0. The predicted octanol–water partition coefficient (Wildman–Crippen LogP) is 3.83. The Balaban J connectivity index is 2.12. The van der Waals surface area contributed by atoms with Gasteiger partial charge in [0, 0.05) is 12.3 Å². The van der Waals surface area contributed by atoms with Gasteiger partial charge in [-0.2, -0.15) is 0 Å². The average molecular weight is 197 g/mol. The topological polar surface area (TPSA) is 0 Å². The number of halogens is 3. The van der Waals surface area contributed by atoms with Gasteiger partial charge in [0.2, 0.25) is 6.43 Å². The van der Waals surface area contributed by atoms with Gasteiger partial charge < -0.3 is 0 Å². The fourth-order valence-corrected chi connectivity index (χ4v) is 2.16. The monoisotopic (exact) mass is 196 g/mol. The van der Waals surface area contributed by atoms with Gasteiger partial charge in [0.05, 0.1) is 0 Å². The van der Waals surface area contributed by atoms with Crippen molar-refractivity contribution in [3.05, 3.63) is 0 Å². The highest BCUT2D eigenvalue weighted by molar-refractivity contribution is 6.18. The van der Waals surface area contributed by atoms with E-state index in [0.717, 1.165) is 19.3 Å². The zero-order chi connectivity index (χ0) is 9.03. The fourth-order valence-electron chi connectivity index (χ4n) is 1.76. The van der Waals surface area contributed by atoms with E-state index in [1.165, 1.54) is 6.42 Å². The minimum atomic E-state index is -2.14. The average Bonchev–Trinajstić information content (AvgIpc) is 1.94. The Kier molecular flexibility index (Phi) is 3.76. The summed E-state index contributed by atoms with van der Waals surface area (Å²) in [5.74, 6) is 0.649. The molecular weight excluding hydrogens is 182 g/mol. The number of rotatable bonds is 5. The zero-order valence-corrected chi connectivity index (χ0v) is 7.92. The van der Waals surface area contributed by atoms with E-state index in [0.29, 0.717) is 12.3 Å². The molecule has 0 unspecified atom stereocenters. The molecule has 1 rings (SSSR count). The molecule has 0 saturated heterocycles. The number of hydrogen-bond acceptors (Lipinski definition) is 0. The molecule has 72 valence electrons. The van der Waals surface area contributed by atoms with Crippen LogP contribution in [0.2, 0.25) is 0 Å². The lowest BCUT2D eigenvalue weighted by Crippen LogP contribution is -2.31. The van der Waals surface area contributed by atoms with Crippen molar-refractivity contribution in [1.29, 1.82) is 0 Å². The molecule has 0 radical (unpaired) electrons. The van der Waals surface area contributed by atoms with Gasteiger partial charge in [-0.3, -0.25) is 0 Å². The molecule has 0 nitrogen and oxygen atoms in total. The maximum atomic E-state index is 11.8. The summed E-state index contributed by atoms with van der Waals surface area (Å²) in [5.41, 5.74) is 0.233. The van der Waals surface area contributed by atoms with Crippen LogP contribution in [-0.2, 0) is 0 Å². The van der Waals surface area contributed by atoms with Gasteiger partial charge in [-0.15, -0.1) is 11.6 Å². The molecule has 1 aliphatic rings. The van der Waals surface area contributed by atoms with Crippen LogP contribution in [0, 0.1) is 5.41 Å². The maximum absolute atomic E-state index is 11.8. The summed E-state index contributed by atoms with van der Waals surface area (Å²) in [4.78, 5) is 0. The highest BCUT2D eigenvalue weighted by Gasteiger charge is 2.35. The van der Waals surface area contributed by atoms with Crippen LogP contribution in [0.5, 0.6) is 0 Å². The van der Waals surface area contributed by atoms with E-state index in [-0.39, 0.29) is 11.8 Å². The van der Waals surface area contributed by atoms with E-state index in [4.69, 9.17) is 11.6 Å². The molecule has 0 aromatic heterocycles. The summed E-state index contributed by atoms with van der Waals surface area (Å²) < 4.78 is 23.6. The predicted molar refractivity (Wildman–Crippen MR) is 46.9 cm³/mol. The molecule has 1 fully saturated rings. The second-order valence-electron chi connectivity index (χ2n) is 3.77. The van der Waals surface area contributed by atoms with Crippen LogP contribution >= 0.6 is 11.6 Å². The fraction of sp³-hybridized carbons (Fsp3) is 1.00. The van der Waals surface area contributed by atoms with E-state index < -0.39 is 6.43 Å². The van der Waals surface area contributed by atoms with Crippen LogP contribution in [0.4, 0.5) is 8.78 Å². The van der Waals surface area contributed by atoms with E-state index in [1.807, 2.05) is 0 Å². The highest BCUT2D eigenvalue weighted by Crippen LogP contribution is 2.45. The normalized spacial score (nSPS) is 21.0. The van der Waals surface area contributed by atoms with E-state index in [9.17, 15) is 8.78 Å². The lowest BCUT2D eigenvalue weighted by molar-refractivity contribution is 0.106. The minimum Gasteiger partial charge on any atom is -0.211 e. The van der Waals surface area contributed by atoms with E-state index in [1.54, 1.807) is 0 Å². The Morgan fingerprint density at radius 3 is 2.33 bits per heavy atom. The first-order chi connectivity index (χ1) is 5.68. The van der Waals surface area contributed by atoms with Crippen molar-refractivity contribution in [3.8, 4) is 0 Å². The first kappa shape index (κ1) is 10.2. The van der Waals surface area contributed by atoms with E-state index >= 15 is 0 Å². The smallest absolute Gasteiger partial charge is 0.211 e.